The highest BCUT2D eigenvalue weighted by atomic mass is 16.6. The summed E-state index contributed by atoms with van der Waals surface area (Å²) in [5, 5.41) is 78.8. The number of aromatic hydroxyl groups is 2. The predicted molar refractivity (Wildman–Crippen MR) is 155 cm³/mol. The standard InChI is InChI=1S/C32H32O14/c1-11-9-15(33)21-25(37)19-17(45-31(21,27(11)39)29(41)43-3)7-5-13(23(19)35)14-6-8-18-20(24(14)36)26(38)22-16(34)10-12(2)28(40)32(22,46-18)30(42)44-4/h5-8,11-12,25,27-28,33,35-40H,9-10H2,1-4H3. The van der Waals surface area contributed by atoms with Gasteiger partial charge in [0.2, 0.25) is 0 Å². The summed E-state index contributed by atoms with van der Waals surface area (Å²) in [5.74, 6) is -7.53. The van der Waals surface area contributed by atoms with E-state index in [-0.39, 0.29) is 41.0 Å². The minimum Gasteiger partial charge on any atom is -0.512 e. The van der Waals surface area contributed by atoms with Crippen molar-refractivity contribution in [1.82, 2.24) is 0 Å². The van der Waals surface area contributed by atoms with Crippen molar-refractivity contribution >= 4 is 23.5 Å². The number of carbonyl (C=O) groups excluding carboxylic acids is 3. The molecule has 7 unspecified atom stereocenters. The molecule has 4 aliphatic rings. The van der Waals surface area contributed by atoms with Crippen LogP contribution in [0.25, 0.3) is 16.9 Å². The molecule has 2 aromatic carbocycles. The zero-order valence-corrected chi connectivity index (χ0v) is 25.1. The van der Waals surface area contributed by atoms with Gasteiger partial charge in [-0.05, 0) is 36.1 Å². The molecule has 6 rings (SSSR count). The largest absolute Gasteiger partial charge is 0.512 e. The highest BCUT2D eigenvalue weighted by Gasteiger charge is 2.64. The number of benzene rings is 2. The molecule has 0 aromatic heterocycles. The Labute approximate surface area is 261 Å². The van der Waals surface area contributed by atoms with E-state index < -0.39 is 98.8 Å². The lowest BCUT2D eigenvalue weighted by Gasteiger charge is -2.47. The molecule has 14 heteroatoms. The van der Waals surface area contributed by atoms with Crippen LogP contribution in [0.15, 0.2) is 41.2 Å². The van der Waals surface area contributed by atoms with E-state index in [0.717, 1.165) is 14.2 Å². The van der Waals surface area contributed by atoms with E-state index in [0.29, 0.717) is 0 Å². The molecule has 0 amide bonds. The zero-order chi connectivity index (χ0) is 33.6. The van der Waals surface area contributed by atoms with E-state index in [9.17, 15) is 50.1 Å². The number of carbonyl (C=O) groups is 3. The van der Waals surface area contributed by atoms with Crippen LogP contribution in [0.2, 0.25) is 0 Å². The molecule has 0 saturated heterocycles. The second-order valence-electron chi connectivity index (χ2n) is 12.0. The van der Waals surface area contributed by atoms with Gasteiger partial charge in [0.15, 0.2) is 5.78 Å². The van der Waals surface area contributed by atoms with Gasteiger partial charge in [-0.1, -0.05) is 13.8 Å². The van der Waals surface area contributed by atoms with Crippen molar-refractivity contribution in [2.75, 3.05) is 14.2 Å². The maximum Gasteiger partial charge on any atom is 0.358 e. The lowest BCUT2D eigenvalue weighted by Crippen LogP contribution is -2.64. The van der Waals surface area contributed by atoms with Gasteiger partial charge in [-0.2, -0.15) is 0 Å². The molecule has 2 heterocycles. The fourth-order valence-corrected chi connectivity index (χ4v) is 7.18. The summed E-state index contributed by atoms with van der Waals surface area (Å²) >= 11 is 0. The second-order valence-corrected chi connectivity index (χ2v) is 12.0. The first-order valence-corrected chi connectivity index (χ1v) is 14.4. The van der Waals surface area contributed by atoms with Crippen molar-refractivity contribution in [2.45, 2.75) is 56.2 Å². The zero-order valence-electron chi connectivity index (χ0n) is 25.1. The molecule has 2 aliphatic heterocycles. The molecule has 1 fully saturated rings. The van der Waals surface area contributed by atoms with Gasteiger partial charge in [0, 0.05) is 24.0 Å². The number of Topliss-reactive ketones (excluding diaryl/α,β-unsaturated/α-hetero) is 1. The van der Waals surface area contributed by atoms with Crippen LogP contribution in [-0.4, -0.2) is 91.1 Å². The quantitative estimate of drug-likeness (QED) is 0.238. The van der Waals surface area contributed by atoms with Crippen LogP contribution in [0.1, 0.15) is 43.9 Å². The molecule has 46 heavy (non-hydrogen) atoms. The van der Waals surface area contributed by atoms with E-state index in [1.165, 1.54) is 31.2 Å². The predicted octanol–water partition coefficient (Wildman–Crippen LogP) is 1.86. The molecule has 0 spiro atoms. The molecule has 244 valence electrons. The van der Waals surface area contributed by atoms with Crippen LogP contribution in [0.5, 0.6) is 23.0 Å². The molecule has 0 radical (unpaired) electrons. The number of hydrogen-bond donors (Lipinski definition) is 7. The Morgan fingerprint density at radius 3 is 1.93 bits per heavy atom. The SMILES string of the molecule is COC(=O)C12Oc3ccc(-c4ccc5c(c4O)C(O)C4=C(O)CC(C)C(O)C4(C(=O)OC)O5)c(O)c3C(O)=C1C(=O)CC(C)C2O. The summed E-state index contributed by atoms with van der Waals surface area (Å²) in [5.41, 5.74) is -6.72. The Balaban J connectivity index is 1.53. The Hall–Kier alpha value is -4.79. The first kappa shape index (κ1) is 31.2. The van der Waals surface area contributed by atoms with E-state index in [2.05, 4.69) is 0 Å². The Bertz CT molecular complexity index is 1770. The fraction of sp³-hybridized carbons (Fsp3) is 0.406. The Kier molecular flexibility index (Phi) is 7.03. The number of phenolic OH excluding ortho intramolecular Hbond substituents is 2. The van der Waals surface area contributed by atoms with Crippen LogP contribution >= 0.6 is 0 Å². The molecule has 1 saturated carbocycles. The van der Waals surface area contributed by atoms with Crippen LogP contribution in [0, 0.1) is 11.8 Å². The van der Waals surface area contributed by atoms with Crippen LogP contribution in [0.3, 0.4) is 0 Å². The number of allylic oxidation sites excluding steroid dienone is 1. The van der Waals surface area contributed by atoms with Gasteiger partial charge in [0.05, 0.1) is 36.7 Å². The average Bonchev–Trinajstić information content (AvgIpc) is 3.01. The van der Waals surface area contributed by atoms with Crippen LogP contribution in [-0.2, 0) is 23.9 Å². The van der Waals surface area contributed by atoms with Crippen molar-refractivity contribution in [2.24, 2.45) is 11.8 Å². The van der Waals surface area contributed by atoms with Gasteiger partial charge >= 0.3 is 11.9 Å². The smallest absolute Gasteiger partial charge is 0.358 e. The minimum atomic E-state index is -2.41. The third-order valence-corrected chi connectivity index (χ3v) is 9.44. The lowest BCUT2D eigenvalue weighted by molar-refractivity contribution is -0.175. The summed E-state index contributed by atoms with van der Waals surface area (Å²) < 4.78 is 21.6. The number of hydrogen-bond acceptors (Lipinski definition) is 14. The number of phenols is 2. The van der Waals surface area contributed by atoms with Gasteiger partial charge in [-0.25, -0.2) is 9.59 Å². The normalized spacial score (nSPS) is 31.5. The first-order chi connectivity index (χ1) is 21.7. The molecule has 2 aromatic rings. The summed E-state index contributed by atoms with van der Waals surface area (Å²) in [4.78, 5) is 39.2. The van der Waals surface area contributed by atoms with Crippen LogP contribution in [0.4, 0.5) is 0 Å². The van der Waals surface area contributed by atoms with Crippen LogP contribution < -0.4 is 9.47 Å². The number of ether oxygens (including phenoxy) is 4. The van der Waals surface area contributed by atoms with Crippen molar-refractivity contribution < 1.29 is 69.1 Å². The molecule has 7 atom stereocenters. The number of methoxy groups -OCH3 is 2. The topological polar surface area (TPSA) is 230 Å². The average molecular weight is 641 g/mol. The number of aliphatic hydroxyl groups is 5. The molecule has 7 N–H and O–H groups in total. The second kappa shape index (κ2) is 10.4. The number of esters is 2. The van der Waals surface area contributed by atoms with E-state index >= 15 is 0 Å². The minimum absolute atomic E-state index is 0.121. The Morgan fingerprint density at radius 1 is 0.783 bits per heavy atom. The van der Waals surface area contributed by atoms with Crippen molar-refractivity contribution in [3.63, 3.8) is 0 Å². The molecular formula is C32H32O14. The summed E-state index contributed by atoms with van der Waals surface area (Å²) in [6.07, 6.45) is -5.39. The lowest BCUT2D eigenvalue weighted by atomic mass is 9.69. The fourth-order valence-electron chi connectivity index (χ4n) is 7.18. The highest BCUT2D eigenvalue weighted by molar-refractivity contribution is 6.12. The van der Waals surface area contributed by atoms with Crippen molar-refractivity contribution in [3.8, 4) is 34.1 Å². The molecule has 0 bridgehead atoms. The summed E-state index contributed by atoms with van der Waals surface area (Å²) in [7, 11) is 2.08. The maximum atomic E-state index is 13.2. The third-order valence-electron chi connectivity index (χ3n) is 9.44. The highest BCUT2D eigenvalue weighted by Crippen LogP contribution is 2.57. The van der Waals surface area contributed by atoms with Gasteiger partial charge in [0.25, 0.3) is 11.2 Å². The third kappa shape index (κ3) is 3.77. The van der Waals surface area contributed by atoms with Crippen molar-refractivity contribution in [3.05, 3.63) is 52.3 Å². The van der Waals surface area contributed by atoms with E-state index in [4.69, 9.17) is 18.9 Å². The maximum absolute atomic E-state index is 13.2. The van der Waals surface area contributed by atoms with Gasteiger partial charge < -0.3 is 54.7 Å². The van der Waals surface area contributed by atoms with Gasteiger partial charge in [0.1, 0.15) is 52.6 Å². The summed E-state index contributed by atoms with van der Waals surface area (Å²) in [6.45, 7) is 3.09. The van der Waals surface area contributed by atoms with Gasteiger partial charge in [-0.3, -0.25) is 4.79 Å². The van der Waals surface area contributed by atoms with E-state index in [1.807, 2.05) is 0 Å². The van der Waals surface area contributed by atoms with Gasteiger partial charge in [-0.15, -0.1) is 0 Å². The number of aliphatic hydroxyl groups excluding tert-OH is 5. The molecule has 14 nitrogen and oxygen atoms in total. The number of fused-ring (bicyclic) bond motifs is 4. The van der Waals surface area contributed by atoms with E-state index in [1.54, 1.807) is 6.92 Å². The first-order valence-electron chi connectivity index (χ1n) is 14.4. The van der Waals surface area contributed by atoms with Crippen molar-refractivity contribution in [1.29, 1.82) is 0 Å². The Morgan fingerprint density at radius 2 is 1.30 bits per heavy atom. The monoisotopic (exact) mass is 640 g/mol. The number of ketones is 1. The molecule has 2 aliphatic carbocycles. The number of rotatable bonds is 3. The molecular weight excluding hydrogens is 608 g/mol. The summed E-state index contributed by atoms with van der Waals surface area (Å²) in [6, 6.07) is 5.03.